The Kier molecular flexibility index (Phi) is 5.23. The Labute approximate surface area is 149 Å². The zero-order valence-corrected chi connectivity index (χ0v) is 14.9. The van der Waals surface area contributed by atoms with Gasteiger partial charge in [-0.15, -0.1) is 0 Å². The molecule has 0 bridgehead atoms. The maximum atomic E-state index is 8.76. The summed E-state index contributed by atoms with van der Waals surface area (Å²) >= 11 is 3.55. The molecule has 1 saturated heterocycles. The Morgan fingerprint density at radius 2 is 1.92 bits per heavy atom. The molecule has 24 heavy (non-hydrogen) atoms. The Hall–Kier alpha value is -2.24. The number of pyridine rings is 1. The first-order valence-electron chi connectivity index (χ1n) is 7.74. The quantitative estimate of drug-likeness (QED) is 0.833. The van der Waals surface area contributed by atoms with E-state index in [1.807, 2.05) is 12.1 Å². The number of nitrogens with one attached hydrogen (secondary N) is 2. The zero-order chi connectivity index (χ0) is 16.9. The first kappa shape index (κ1) is 16.6. The largest absolute Gasteiger partial charge is 0.381 e. The number of likely N-dealkylation sites (tertiary alicyclic amines) is 1. The fourth-order valence-electron chi connectivity index (χ4n) is 2.57. The van der Waals surface area contributed by atoms with Gasteiger partial charge in [0.15, 0.2) is 5.69 Å². The molecule has 0 radical (unpaired) electrons. The van der Waals surface area contributed by atoms with Gasteiger partial charge in [-0.1, -0.05) is 0 Å². The molecule has 0 unspecified atom stereocenters. The van der Waals surface area contributed by atoms with Gasteiger partial charge in [0.1, 0.15) is 17.7 Å². The summed E-state index contributed by atoms with van der Waals surface area (Å²) < 4.78 is 0.929. The zero-order valence-electron chi connectivity index (χ0n) is 13.3. The van der Waals surface area contributed by atoms with Gasteiger partial charge >= 0.3 is 0 Å². The molecule has 0 saturated carbocycles. The smallest absolute Gasteiger partial charge is 0.158 e. The molecule has 1 aliphatic heterocycles. The van der Waals surface area contributed by atoms with Crippen molar-refractivity contribution in [1.29, 1.82) is 5.26 Å². The van der Waals surface area contributed by atoms with Crippen molar-refractivity contribution in [2.24, 2.45) is 0 Å². The maximum absolute atomic E-state index is 8.76. The van der Waals surface area contributed by atoms with Gasteiger partial charge < -0.3 is 15.5 Å². The average Bonchev–Trinajstić information content (AvgIpc) is 2.60. The lowest BCUT2D eigenvalue weighted by atomic mass is 10.1. The van der Waals surface area contributed by atoms with Gasteiger partial charge in [0, 0.05) is 18.3 Å². The Morgan fingerprint density at radius 3 is 2.58 bits per heavy atom. The molecule has 3 rings (SSSR count). The number of hydrogen-bond donors (Lipinski definition) is 2. The predicted molar refractivity (Wildman–Crippen MR) is 96.1 cm³/mol. The summed E-state index contributed by atoms with van der Waals surface area (Å²) in [7, 11) is 2.15. The number of anilines is 3. The van der Waals surface area contributed by atoms with Crippen LogP contribution in [0.1, 0.15) is 18.5 Å². The summed E-state index contributed by atoms with van der Waals surface area (Å²) in [5.74, 6) is 1.22. The van der Waals surface area contributed by atoms with Crippen LogP contribution in [0.3, 0.4) is 0 Å². The van der Waals surface area contributed by atoms with Gasteiger partial charge in [-0.25, -0.2) is 15.0 Å². The topological polar surface area (TPSA) is 89.8 Å². The standard InChI is InChI=1S/C16H18BrN7/c1-24-4-2-11(3-5-24)22-14-6-15(21-9-13(14)17)23-16-10-19-12(7-18)8-20-16/h6,8-11H,2-5H2,1H3,(H2,20,21,22,23). The number of hydrogen-bond acceptors (Lipinski definition) is 7. The van der Waals surface area contributed by atoms with E-state index in [2.05, 4.69) is 53.5 Å². The van der Waals surface area contributed by atoms with Crippen LogP contribution in [0.5, 0.6) is 0 Å². The number of aromatic nitrogens is 3. The molecule has 0 spiro atoms. The van der Waals surface area contributed by atoms with Crippen LogP contribution >= 0.6 is 15.9 Å². The monoisotopic (exact) mass is 387 g/mol. The second kappa shape index (κ2) is 7.55. The van der Waals surface area contributed by atoms with Gasteiger partial charge in [0.25, 0.3) is 0 Å². The Morgan fingerprint density at radius 1 is 1.17 bits per heavy atom. The molecule has 1 aliphatic rings. The number of rotatable bonds is 4. The van der Waals surface area contributed by atoms with E-state index in [1.165, 1.54) is 12.4 Å². The lowest BCUT2D eigenvalue weighted by Crippen LogP contribution is -2.36. The van der Waals surface area contributed by atoms with Crippen molar-refractivity contribution in [3.05, 3.63) is 34.8 Å². The molecule has 124 valence electrons. The molecule has 2 aromatic heterocycles. The molecular formula is C16H18BrN7. The first-order valence-corrected chi connectivity index (χ1v) is 8.53. The van der Waals surface area contributed by atoms with E-state index < -0.39 is 0 Å². The van der Waals surface area contributed by atoms with Crippen molar-refractivity contribution in [2.75, 3.05) is 30.8 Å². The molecule has 8 heteroatoms. The third-order valence-corrected chi connectivity index (χ3v) is 4.59. The highest BCUT2D eigenvalue weighted by atomic mass is 79.9. The summed E-state index contributed by atoms with van der Waals surface area (Å²) in [5.41, 5.74) is 1.29. The fourth-order valence-corrected chi connectivity index (χ4v) is 2.90. The average molecular weight is 388 g/mol. The highest BCUT2D eigenvalue weighted by Gasteiger charge is 2.17. The van der Waals surface area contributed by atoms with Crippen LogP contribution in [0.2, 0.25) is 0 Å². The highest BCUT2D eigenvalue weighted by Crippen LogP contribution is 2.27. The van der Waals surface area contributed by atoms with Crippen LogP contribution in [-0.2, 0) is 0 Å². The molecule has 0 atom stereocenters. The second-order valence-corrected chi connectivity index (χ2v) is 6.65. The molecule has 7 nitrogen and oxygen atoms in total. The number of nitrogens with zero attached hydrogens (tertiary/aromatic N) is 5. The number of piperidine rings is 1. The first-order chi connectivity index (χ1) is 11.6. The van der Waals surface area contributed by atoms with Gasteiger partial charge in [-0.3, -0.25) is 0 Å². The van der Waals surface area contributed by atoms with Crippen LogP contribution in [0.25, 0.3) is 0 Å². The van der Waals surface area contributed by atoms with Crippen LogP contribution in [-0.4, -0.2) is 46.0 Å². The van der Waals surface area contributed by atoms with Crippen LogP contribution in [0, 0.1) is 11.3 Å². The van der Waals surface area contributed by atoms with E-state index in [0.717, 1.165) is 36.1 Å². The molecule has 1 fully saturated rings. The van der Waals surface area contributed by atoms with Crippen molar-refractivity contribution >= 4 is 33.3 Å². The van der Waals surface area contributed by atoms with E-state index in [4.69, 9.17) is 5.26 Å². The fraction of sp³-hybridized carbons (Fsp3) is 0.375. The van der Waals surface area contributed by atoms with Crippen molar-refractivity contribution in [3.63, 3.8) is 0 Å². The van der Waals surface area contributed by atoms with Gasteiger partial charge in [-0.2, -0.15) is 5.26 Å². The maximum Gasteiger partial charge on any atom is 0.158 e. The van der Waals surface area contributed by atoms with E-state index in [1.54, 1.807) is 6.20 Å². The summed E-state index contributed by atoms with van der Waals surface area (Å²) in [5, 5.41) is 15.4. The molecule has 2 aromatic rings. The third-order valence-electron chi connectivity index (χ3n) is 3.96. The van der Waals surface area contributed by atoms with Crippen molar-refractivity contribution < 1.29 is 0 Å². The van der Waals surface area contributed by atoms with Crippen LogP contribution in [0.15, 0.2) is 29.1 Å². The predicted octanol–water partition coefficient (Wildman–Crippen LogP) is 2.76. The Balaban J connectivity index is 1.70. The second-order valence-electron chi connectivity index (χ2n) is 5.79. The van der Waals surface area contributed by atoms with E-state index in [9.17, 15) is 0 Å². The summed E-state index contributed by atoms with van der Waals surface area (Å²) in [6.07, 6.45) is 6.95. The molecule has 0 aromatic carbocycles. The minimum atomic E-state index is 0.286. The van der Waals surface area contributed by atoms with Crippen LogP contribution < -0.4 is 10.6 Å². The number of nitriles is 1. The number of halogens is 1. The van der Waals surface area contributed by atoms with Crippen LogP contribution in [0.4, 0.5) is 17.3 Å². The summed E-state index contributed by atoms with van der Waals surface area (Å²) in [4.78, 5) is 14.8. The molecule has 0 aliphatic carbocycles. The van der Waals surface area contributed by atoms with Crippen molar-refractivity contribution in [1.82, 2.24) is 19.9 Å². The summed E-state index contributed by atoms with van der Waals surface area (Å²) in [6, 6.07) is 4.35. The minimum Gasteiger partial charge on any atom is -0.381 e. The van der Waals surface area contributed by atoms with E-state index in [0.29, 0.717) is 17.7 Å². The Bertz CT molecular complexity index is 733. The van der Waals surface area contributed by atoms with Crippen molar-refractivity contribution in [3.8, 4) is 6.07 Å². The van der Waals surface area contributed by atoms with Gasteiger partial charge in [0.05, 0.1) is 22.6 Å². The van der Waals surface area contributed by atoms with Gasteiger partial charge in [-0.05, 0) is 48.9 Å². The molecule has 0 amide bonds. The van der Waals surface area contributed by atoms with E-state index in [-0.39, 0.29) is 5.69 Å². The lowest BCUT2D eigenvalue weighted by Gasteiger charge is -2.30. The van der Waals surface area contributed by atoms with E-state index >= 15 is 0 Å². The van der Waals surface area contributed by atoms with Gasteiger partial charge in [0.2, 0.25) is 0 Å². The molecule has 3 heterocycles. The SMILES string of the molecule is CN1CCC(Nc2cc(Nc3cnc(C#N)cn3)ncc2Br)CC1. The highest BCUT2D eigenvalue weighted by molar-refractivity contribution is 9.10. The van der Waals surface area contributed by atoms with Crippen molar-refractivity contribution in [2.45, 2.75) is 18.9 Å². The third kappa shape index (κ3) is 4.19. The molecular weight excluding hydrogens is 370 g/mol. The molecule has 2 N–H and O–H groups in total. The minimum absolute atomic E-state index is 0.286. The lowest BCUT2D eigenvalue weighted by molar-refractivity contribution is 0.264. The normalized spacial score (nSPS) is 15.7. The summed E-state index contributed by atoms with van der Waals surface area (Å²) in [6.45, 7) is 2.21.